The van der Waals surface area contributed by atoms with Gasteiger partial charge in [-0.2, -0.15) is 0 Å². The summed E-state index contributed by atoms with van der Waals surface area (Å²) in [5, 5.41) is 3.48. The summed E-state index contributed by atoms with van der Waals surface area (Å²) in [4.78, 5) is 24.3. The molecule has 20 heavy (non-hydrogen) atoms. The van der Waals surface area contributed by atoms with Gasteiger partial charge in [-0.3, -0.25) is 14.5 Å². The quantitative estimate of drug-likeness (QED) is 0.766. The largest absolute Gasteiger partial charge is 0.468 e. The number of nitrogens with zero attached hydrogens (tertiary/aromatic N) is 1. The molecular formula is C14H19ClN2O3. The Kier molecular flexibility index (Phi) is 7.04. The maximum atomic E-state index is 11.6. The smallest absolute Gasteiger partial charge is 0.319 e. The Hall–Kier alpha value is -1.59. The maximum Gasteiger partial charge on any atom is 0.319 e. The lowest BCUT2D eigenvalue weighted by molar-refractivity contribution is -0.141. The molecule has 0 aromatic heterocycles. The molecule has 1 aromatic rings. The standard InChI is InChI=1S/C14H19ClN2O3/c1-17(10-14(19)20-2)9-13(18)16-7-6-11-4-3-5-12(15)8-11/h3-5,8H,6-7,9-10H2,1-2H3,(H,16,18). The zero-order valence-corrected chi connectivity index (χ0v) is 12.4. The monoisotopic (exact) mass is 298 g/mol. The van der Waals surface area contributed by atoms with Gasteiger partial charge >= 0.3 is 5.97 Å². The number of methoxy groups -OCH3 is 1. The number of likely N-dealkylation sites (N-methyl/N-ethyl adjacent to an activating group) is 1. The molecule has 0 bridgehead atoms. The van der Waals surface area contributed by atoms with E-state index in [-0.39, 0.29) is 25.0 Å². The fraction of sp³-hybridized carbons (Fsp3) is 0.429. The molecule has 1 amide bonds. The topological polar surface area (TPSA) is 58.6 Å². The van der Waals surface area contributed by atoms with Crippen LogP contribution in [0.3, 0.4) is 0 Å². The summed E-state index contributed by atoms with van der Waals surface area (Å²) in [6, 6.07) is 7.52. The van der Waals surface area contributed by atoms with E-state index >= 15 is 0 Å². The summed E-state index contributed by atoms with van der Waals surface area (Å²) >= 11 is 5.88. The molecule has 0 spiro atoms. The predicted octanol–water partition coefficient (Wildman–Crippen LogP) is 1.10. The molecule has 110 valence electrons. The van der Waals surface area contributed by atoms with Crippen LogP contribution in [0.25, 0.3) is 0 Å². The Bertz CT molecular complexity index is 465. The third-order valence-corrected chi connectivity index (χ3v) is 2.90. The summed E-state index contributed by atoms with van der Waals surface area (Å²) in [7, 11) is 3.01. The first-order valence-corrected chi connectivity index (χ1v) is 6.65. The van der Waals surface area contributed by atoms with Gasteiger partial charge in [-0.25, -0.2) is 0 Å². The van der Waals surface area contributed by atoms with Gasteiger partial charge < -0.3 is 10.1 Å². The molecule has 1 N–H and O–H groups in total. The number of carbonyl (C=O) groups excluding carboxylic acids is 2. The number of esters is 1. The van der Waals surface area contributed by atoms with Crippen molar-refractivity contribution in [3.63, 3.8) is 0 Å². The van der Waals surface area contributed by atoms with E-state index in [2.05, 4.69) is 10.1 Å². The van der Waals surface area contributed by atoms with E-state index in [9.17, 15) is 9.59 Å². The Labute approximate surface area is 123 Å². The minimum atomic E-state index is -0.362. The summed E-state index contributed by atoms with van der Waals surface area (Å²) in [5.74, 6) is -0.488. The van der Waals surface area contributed by atoms with E-state index in [1.807, 2.05) is 24.3 Å². The number of hydrogen-bond acceptors (Lipinski definition) is 4. The molecule has 0 aliphatic carbocycles. The normalized spacial score (nSPS) is 10.4. The van der Waals surface area contributed by atoms with Crippen LogP contribution < -0.4 is 5.32 Å². The zero-order chi connectivity index (χ0) is 15.0. The molecular weight excluding hydrogens is 280 g/mol. The first-order chi connectivity index (χ1) is 9.51. The Morgan fingerprint density at radius 2 is 2.10 bits per heavy atom. The van der Waals surface area contributed by atoms with Crippen LogP contribution in [-0.2, 0) is 20.7 Å². The average Bonchev–Trinajstić information content (AvgIpc) is 2.38. The van der Waals surface area contributed by atoms with E-state index in [1.165, 1.54) is 7.11 Å². The van der Waals surface area contributed by atoms with E-state index < -0.39 is 0 Å². The number of rotatable bonds is 7. The fourth-order valence-corrected chi connectivity index (χ4v) is 1.89. The first-order valence-electron chi connectivity index (χ1n) is 6.27. The van der Waals surface area contributed by atoms with E-state index in [1.54, 1.807) is 11.9 Å². The van der Waals surface area contributed by atoms with Gasteiger partial charge in [0.1, 0.15) is 0 Å². The van der Waals surface area contributed by atoms with Crippen molar-refractivity contribution in [3.05, 3.63) is 34.9 Å². The van der Waals surface area contributed by atoms with E-state index in [4.69, 9.17) is 11.6 Å². The highest BCUT2D eigenvalue weighted by atomic mass is 35.5. The van der Waals surface area contributed by atoms with Crippen molar-refractivity contribution in [1.82, 2.24) is 10.2 Å². The van der Waals surface area contributed by atoms with Crippen LogP contribution in [0.2, 0.25) is 5.02 Å². The van der Waals surface area contributed by atoms with Crippen molar-refractivity contribution >= 4 is 23.5 Å². The molecule has 0 saturated heterocycles. The molecule has 0 aliphatic heterocycles. The number of halogens is 1. The highest BCUT2D eigenvalue weighted by molar-refractivity contribution is 6.30. The second-order valence-electron chi connectivity index (χ2n) is 4.48. The molecule has 6 heteroatoms. The van der Waals surface area contributed by atoms with Crippen LogP contribution in [0.1, 0.15) is 5.56 Å². The van der Waals surface area contributed by atoms with Gasteiger partial charge in [-0.05, 0) is 31.2 Å². The number of carbonyl (C=O) groups is 2. The lowest BCUT2D eigenvalue weighted by Gasteiger charge is -2.14. The minimum absolute atomic E-state index is 0.0954. The molecule has 0 atom stereocenters. The number of ether oxygens (including phenoxy) is 1. The summed E-state index contributed by atoms with van der Waals surface area (Å²) < 4.78 is 4.53. The van der Waals surface area contributed by atoms with Crippen molar-refractivity contribution in [1.29, 1.82) is 0 Å². The molecule has 0 fully saturated rings. The molecule has 0 saturated carbocycles. The highest BCUT2D eigenvalue weighted by Crippen LogP contribution is 2.10. The molecule has 0 radical (unpaired) electrons. The lowest BCUT2D eigenvalue weighted by atomic mass is 10.1. The van der Waals surface area contributed by atoms with Gasteiger partial charge in [0.05, 0.1) is 20.2 Å². The fourth-order valence-electron chi connectivity index (χ4n) is 1.68. The van der Waals surface area contributed by atoms with Gasteiger partial charge in [0.25, 0.3) is 0 Å². The van der Waals surface area contributed by atoms with Crippen LogP contribution in [0, 0.1) is 0 Å². The van der Waals surface area contributed by atoms with Crippen LogP contribution in [0.4, 0.5) is 0 Å². The molecule has 0 heterocycles. The SMILES string of the molecule is COC(=O)CN(C)CC(=O)NCCc1cccc(Cl)c1. The average molecular weight is 299 g/mol. The van der Waals surface area contributed by atoms with Crippen LogP contribution in [0.5, 0.6) is 0 Å². The molecule has 0 aliphatic rings. The maximum absolute atomic E-state index is 11.6. The minimum Gasteiger partial charge on any atom is -0.468 e. The third-order valence-electron chi connectivity index (χ3n) is 2.67. The van der Waals surface area contributed by atoms with Crippen molar-refractivity contribution in [2.24, 2.45) is 0 Å². The number of nitrogens with one attached hydrogen (secondary N) is 1. The van der Waals surface area contributed by atoms with Gasteiger partial charge in [0.2, 0.25) is 5.91 Å². The number of amides is 1. The Morgan fingerprint density at radius 1 is 1.35 bits per heavy atom. The van der Waals surface area contributed by atoms with Crippen molar-refractivity contribution in [2.45, 2.75) is 6.42 Å². The van der Waals surface area contributed by atoms with E-state index in [0.717, 1.165) is 5.56 Å². The van der Waals surface area contributed by atoms with Crippen molar-refractivity contribution in [3.8, 4) is 0 Å². The van der Waals surface area contributed by atoms with Crippen molar-refractivity contribution < 1.29 is 14.3 Å². The van der Waals surface area contributed by atoms with Crippen molar-refractivity contribution in [2.75, 3.05) is 33.8 Å². The van der Waals surface area contributed by atoms with E-state index in [0.29, 0.717) is 18.0 Å². The predicted molar refractivity (Wildman–Crippen MR) is 77.7 cm³/mol. The second kappa shape index (κ2) is 8.55. The first kappa shape index (κ1) is 16.5. The lowest BCUT2D eigenvalue weighted by Crippen LogP contribution is -2.38. The summed E-state index contributed by atoms with van der Waals surface area (Å²) in [6.45, 7) is 0.786. The molecule has 1 rings (SSSR count). The zero-order valence-electron chi connectivity index (χ0n) is 11.7. The Balaban J connectivity index is 2.24. The summed E-state index contributed by atoms with van der Waals surface area (Å²) in [5.41, 5.74) is 1.07. The second-order valence-corrected chi connectivity index (χ2v) is 4.91. The summed E-state index contributed by atoms with van der Waals surface area (Å²) in [6.07, 6.45) is 0.715. The van der Waals surface area contributed by atoms with Crippen LogP contribution >= 0.6 is 11.6 Å². The van der Waals surface area contributed by atoms with Gasteiger partial charge in [0.15, 0.2) is 0 Å². The van der Waals surface area contributed by atoms with Gasteiger partial charge in [-0.1, -0.05) is 23.7 Å². The molecule has 1 aromatic carbocycles. The van der Waals surface area contributed by atoms with Crippen LogP contribution in [0.15, 0.2) is 24.3 Å². The third kappa shape index (κ3) is 6.54. The van der Waals surface area contributed by atoms with Gasteiger partial charge in [0, 0.05) is 11.6 Å². The molecule has 0 unspecified atom stereocenters. The number of hydrogen-bond donors (Lipinski definition) is 1. The number of benzene rings is 1. The highest BCUT2D eigenvalue weighted by Gasteiger charge is 2.10. The van der Waals surface area contributed by atoms with Gasteiger partial charge in [-0.15, -0.1) is 0 Å². The Morgan fingerprint density at radius 3 is 2.75 bits per heavy atom. The molecule has 5 nitrogen and oxygen atoms in total. The van der Waals surface area contributed by atoms with Crippen LogP contribution in [-0.4, -0.2) is 50.6 Å².